The Morgan fingerprint density at radius 3 is 2.42 bits per heavy atom. The zero-order chi connectivity index (χ0) is 14.0. The van der Waals surface area contributed by atoms with E-state index in [1.54, 1.807) is 24.3 Å². The molecule has 2 aromatic rings. The van der Waals surface area contributed by atoms with E-state index < -0.39 is 15.8 Å². The van der Waals surface area contributed by atoms with E-state index in [1.807, 2.05) is 0 Å². The fourth-order valence-corrected chi connectivity index (χ4v) is 2.65. The highest BCUT2D eigenvalue weighted by Gasteiger charge is 2.19. The first-order valence-corrected chi connectivity index (χ1v) is 7.61. The summed E-state index contributed by atoms with van der Waals surface area (Å²) in [6.07, 6.45) is 1.30. The number of aromatic nitrogens is 1. The highest BCUT2D eigenvalue weighted by atomic mass is 35.5. The molecule has 19 heavy (non-hydrogen) atoms. The third-order valence-corrected chi connectivity index (χ3v) is 4.67. The molecule has 0 aliphatic heterocycles. The van der Waals surface area contributed by atoms with Crippen molar-refractivity contribution in [1.82, 2.24) is 4.98 Å². The monoisotopic (exact) mass is 299 g/mol. The number of benzene rings is 1. The van der Waals surface area contributed by atoms with Gasteiger partial charge in [-0.2, -0.15) is 4.39 Å². The Bertz CT molecular complexity index is 699. The van der Waals surface area contributed by atoms with Gasteiger partial charge < -0.3 is 0 Å². The molecule has 100 valence electrons. The quantitative estimate of drug-likeness (QED) is 0.817. The van der Waals surface area contributed by atoms with E-state index in [4.69, 9.17) is 11.6 Å². The molecule has 0 bridgehead atoms. The van der Waals surface area contributed by atoms with Crippen LogP contribution in [0.2, 0.25) is 5.02 Å². The molecule has 0 N–H and O–H groups in total. The smallest absolute Gasteiger partial charge is 0.227 e. The molecule has 1 aromatic carbocycles. The summed E-state index contributed by atoms with van der Waals surface area (Å²) in [6, 6.07) is 8.09. The van der Waals surface area contributed by atoms with E-state index in [0.29, 0.717) is 10.6 Å². The number of nitrogens with zero attached hydrogens (tertiary/aromatic N) is 1. The summed E-state index contributed by atoms with van der Waals surface area (Å²) in [5.41, 5.74) is 1.26. The summed E-state index contributed by atoms with van der Waals surface area (Å²) in [7, 11) is -3.63. The maximum atomic E-state index is 13.5. The fourth-order valence-electron chi connectivity index (χ4n) is 1.60. The molecule has 0 radical (unpaired) electrons. The molecule has 0 fully saturated rings. The minimum absolute atomic E-state index is 0.171. The van der Waals surface area contributed by atoms with Gasteiger partial charge in [0.1, 0.15) is 4.90 Å². The van der Waals surface area contributed by atoms with E-state index in [2.05, 4.69) is 4.98 Å². The van der Waals surface area contributed by atoms with Gasteiger partial charge in [-0.05, 0) is 23.8 Å². The summed E-state index contributed by atoms with van der Waals surface area (Å²) >= 11 is 5.78. The van der Waals surface area contributed by atoms with E-state index in [-0.39, 0.29) is 10.6 Å². The Kier molecular flexibility index (Phi) is 3.87. The average Bonchev–Trinajstić information content (AvgIpc) is 2.40. The van der Waals surface area contributed by atoms with Gasteiger partial charge in [-0.1, -0.05) is 30.7 Å². The van der Waals surface area contributed by atoms with Crippen molar-refractivity contribution in [1.29, 1.82) is 0 Å². The van der Waals surface area contributed by atoms with Crippen molar-refractivity contribution in [3.05, 3.63) is 47.5 Å². The number of rotatable bonds is 3. The summed E-state index contributed by atoms with van der Waals surface area (Å²) in [4.78, 5) is 3.14. The molecule has 0 unspecified atom stereocenters. The lowest BCUT2D eigenvalue weighted by Gasteiger charge is -2.06. The molecule has 0 aliphatic carbocycles. The van der Waals surface area contributed by atoms with Gasteiger partial charge in [0.05, 0.1) is 5.75 Å². The van der Waals surface area contributed by atoms with Crippen molar-refractivity contribution >= 4 is 21.4 Å². The summed E-state index contributed by atoms with van der Waals surface area (Å²) in [5, 5.41) is 0.570. The van der Waals surface area contributed by atoms with Gasteiger partial charge in [0.2, 0.25) is 5.95 Å². The van der Waals surface area contributed by atoms with E-state index in [0.717, 1.165) is 5.56 Å². The summed E-state index contributed by atoms with van der Waals surface area (Å²) in [5.74, 6) is -1.14. The first-order valence-electron chi connectivity index (χ1n) is 5.58. The van der Waals surface area contributed by atoms with Crippen LogP contribution in [-0.2, 0) is 9.84 Å². The largest absolute Gasteiger partial charge is 0.231 e. The van der Waals surface area contributed by atoms with Crippen LogP contribution in [0.25, 0.3) is 11.1 Å². The van der Waals surface area contributed by atoms with Crippen LogP contribution < -0.4 is 0 Å². The van der Waals surface area contributed by atoms with Crippen molar-refractivity contribution in [2.75, 3.05) is 5.75 Å². The van der Waals surface area contributed by atoms with Crippen LogP contribution in [0.4, 0.5) is 4.39 Å². The van der Waals surface area contributed by atoms with Crippen molar-refractivity contribution in [2.45, 2.75) is 11.8 Å². The minimum Gasteiger partial charge on any atom is -0.227 e. The molecule has 0 atom stereocenters. The van der Waals surface area contributed by atoms with Crippen LogP contribution >= 0.6 is 11.6 Å². The summed E-state index contributed by atoms with van der Waals surface area (Å²) < 4.78 is 37.0. The van der Waals surface area contributed by atoms with Crippen molar-refractivity contribution < 1.29 is 12.8 Å². The van der Waals surface area contributed by atoms with Crippen LogP contribution in [0.15, 0.2) is 41.4 Å². The van der Waals surface area contributed by atoms with E-state index in [1.165, 1.54) is 19.2 Å². The lowest BCUT2D eigenvalue weighted by atomic mass is 10.1. The average molecular weight is 300 g/mol. The zero-order valence-corrected chi connectivity index (χ0v) is 11.7. The van der Waals surface area contributed by atoms with Gasteiger partial charge in [-0.25, -0.2) is 13.4 Å². The normalized spacial score (nSPS) is 11.5. The maximum Gasteiger partial charge on any atom is 0.231 e. The van der Waals surface area contributed by atoms with Gasteiger partial charge >= 0.3 is 0 Å². The number of hydrogen-bond donors (Lipinski definition) is 0. The van der Waals surface area contributed by atoms with E-state index >= 15 is 0 Å². The SMILES string of the molecule is CCS(=O)(=O)c1cc(-c2ccc(Cl)cc2)cnc1F. The van der Waals surface area contributed by atoms with Gasteiger partial charge in [0.15, 0.2) is 9.84 Å². The molecular weight excluding hydrogens is 289 g/mol. The topological polar surface area (TPSA) is 47.0 Å². The highest BCUT2D eigenvalue weighted by molar-refractivity contribution is 7.91. The molecule has 3 nitrogen and oxygen atoms in total. The number of sulfone groups is 1. The Morgan fingerprint density at radius 1 is 1.21 bits per heavy atom. The van der Waals surface area contributed by atoms with Gasteiger partial charge in [0.25, 0.3) is 0 Å². The van der Waals surface area contributed by atoms with Crippen LogP contribution in [0.1, 0.15) is 6.92 Å². The lowest BCUT2D eigenvalue weighted by molar-refractivity contribution is 0.539. The minimum atomic E-state index is -3.63. The second-order valence-electron chi connectivity index (χ2n) is 3.92. The van der Waals surface area contributed by atoms with Crippen molar-refractivity contribution in [3.8, 4) is 11.1 Å². The Morgan fingerprint density at radius 2 is 1.84 bits per heavy atom. The lowest BCUT2D eigenvalue weighted by Crippen LogP contribution is -2.07. The number of hydrogen-bond acceptors (Lipinski definition) is 3. The van der Waals surface area contributed by atoms with E-state index in [9.17, 15) is 12.8 Å². The van der Waals surface area contributed by atoms with Gasteiger partial charge in [-0.3, -0.25) is 0 Å². The summed E-state index contributed by atoms with van der Waals surface area (Å²) in [6.45, 7) is 1.46. The molecule has 0 spiro atoms. The molecule has 0 amide bonds. The molecule has 1 aromatic heterocycles. The molecule has 1 heterocycles. The predicted octanol–water partition coefficient (Wildman–Crippen LogP) is 3.33. The molecule has 0 saturated carbocycles. The first kappa shape index (κ1) is 14.0. The highest BCUT2D eigenvalue weighted by Crippen LogP contribution is 2.25. The Hall–Kier alpha value is -1.46. The molecule has 0 aliphatic rings. The predicted molar refractivity (Wildman–Crippen MR) is 72.4 cm³/mol. The van der Waals surface area contributed by atoms with Crippen molar-refractivity contribution in [3.63, 3.8) is 0 Å². The molecule has 2 rings (SSSR count). The fraction of sp³-hybridized carbons (Fsp3) is 0.154. The van der Waals surface area contributed by atoms with Crippen LogP contribution in [0.3, 0.4) is 0 Å². The van der Waals surface area contributed by atoms with Crippen LogP contribution in [0, 0.1) is 5.95 Å². The Balaban J connectivity index is 2.56. The molecule has 0 saturated heterocycles. The number of halogens is 2. The second kappa shape index (κ2) is 5.27. The maximum absolute atomic E-state index is 13.5. The van der Waals surface area contributed by atoms with Crippen LogP contribution in [0.5, 0.6) is 0 Å². The molecule has 6 heteroatoms. The van der Waals surface area contributed by atoms with Gasteiger partial charge in [0, 0.05) is 16.8 Å². The zero-order valence-electron chi connectivity index (χ0n) is 10.1. The molecular formula is C13H11ClFNO2S. The first-order chi connectivity index (χ1) is 8.94. The van der Waals surface area contributed by atoms with Crippen molar-refractivity contribution in [2.24, 2.45) is 0 Å². The third kappa shape index (κ3) is 2.93. The third-order valence-electron chi connectivity index (χ3n) is 2.70. The number of pyridine rings is 1. The standard InChI is InChI=1S/C13H11ClFNO2S/c1-2-19(17,18)12-7-10(8-16-13(12)15)9-3-5-11(14)6-4-9/h3-8H,2H2,1H3. The second-order valence-corrected chi connectivity index (χ2v) is 6.61. The Labute approximate surface area is 116 Å². The van der Waals surface area contributed by atoms with Crippen LogP contribution in [-0.4, -0.2) is 19.2 Å². The van der Waals surface area contributed by atoms with Gasteiger partial charge in [-0.15, -0.1) is 0 Å².